The van der Waals surface area contributed by atoms with Crippen molar-refractivity contribution in [3.05, 3.63) is 129 Å². The van der Waals surface area contributed by atoms with Crippen molar-refractivity contribution in [3.63, 3.8) is 0 Å². The molecule has 2 N–H and O–H groups in total. The first-order valence-electron chi connectivity index (χ1n) is 18.6. The molecule has 0 amide bonds. The zero-order valence-corrected chi connectivity index (χ0v) is 30.7. The Hall–Kier alpha value is -6.12. The lowest BCUT2D eigenvalue weighted by atomic mass is 9.86. The van der Waals surface area contributed by atoms with Crippen molar-refractivity contribution in [2.45, 2.75) is 37.9 Å². The van der Waals surface area contributed by atoms with E-state index in [1.807, 2.05) is 48.5 Å². The molecule has 4 bridgehead atoms. The molecule has 6 saturated heterocycles. The normalized spacial score (nSPS) is 23.1. The summed E-state index contributed by atoms with van der Waals surface area (Å²) in [7, 11) is 0. The number of non-ortho nitro benzene ring substituents is 2. The molecule has 0 radical (unpaired) electrons. The van der Waals surface area contributed by atoms with E-state index in [0.29, 0.717) is 36.2 Å². The summed E-state index contributed by atoms with van der Waals surface area (Å²) in [6.07, 6.45) is 6.69. The third-order valence-corrected chi connectivity index (χ3v) is 10.7. The zero-order chi connectivity index (χ0) is 39.6. The molecule has 292 valence electrons. The van der Waals surface area contributed by atoms with Gasteiger partial charge in [-0.15, -0.1) is 0 Å². The molecule has 6 aliphatic heterocycles. The molecule has 14 nitrogen and oxygen atoms in total. The van der Waals surface area contributed by atoms with Crippen molar-refractivity contribution >= 4 is 23.3 Å². The van der Waals surface area contributed by atoms with Crippen LogP contribution in [0.1, 0.15) is 25.7 Å². The maximum absolute atomic E-state index is 10.7. The number of nitro benzene ring substituents is 2. The van der Waals surface area contributed by atoms with Crippen LogP contribution in [0, 0.1) is 32.1 Å². The van der Waals surface area contributed by atoms with Crippen LogP contribution in [0.5, 0.6) is 11.5 Å². The Bertz CT molecular complexity index is 1840. The van der Waals surface area contributed by atoms with E-state index in [2.05, 4.69) is 9.80 Å². The first-order valence-corrected chi connectivity index (χ1v) is 18.6. The van der Waals surface area contributed by atoms with Crippen LogP contribution in [0.25, 0.3) is 22.3 Å². The quantitative estimate of drug-likeness (QED) is 0.0943. The van der Waals surface area contributed by atoms with Crippen LogP contribution in [0.3, 0.4) is 0 Å². The van der Waals surface area contributed by atoms with Gasteiger partial charge in [0.15, 0.2) is 0 Å². The van der Waals surface area contributed by atoms with Crippen LogP contribution in [0.15, 0.2) is 109 Å². The van der Waals surface area contributed by atoms with E-state index >= 15 is 0 Å². The smallest absolute Gasteiger partial charge is 0.328 e. The average Bonchev–Trinajstić information content (AvgIpc) is 3.22. The second-order valence-corrected chi connectivity index (χ2v) is 14.3. The largest absolute Gasteiger partial charge is 0.489 e. The number of nitro groups is 2. The minimum atomic E-state index is -1.26. The molecule has 0 aromatic heterocycles. The fourth-order valence-electron chi connectivity index (χ4n) is 7.58. The van der Waals surface area contributed by atoms with Gasteiger partial charge in [0.25, 0.3) is 11.4 Å². The van der Waals surface area contributed by atoms with Crippen LogP contribution in [0.4, 0.5) is 11.4 Å². The van der Waals surface area contributed by atoms with Crippen LogP contribution in [0.2, 0.25) is 0 Å². The van der Waals surface area contributed by atoms with Gasteiger partial charge >= 0.3 is 11.9 Å². The fourth-order valence-corrected chi connectivity index (χ4v) is 7.58. The van der Waals surface area contributed by atoms with Crippen LogP contribution in [-0.2, 0) is 9.59 Å². The highest BCUT2D eigenvalue weighted by atomic mass is 16.6. The second kappa shape index (κ2) is 18.5. The van der Waals surface area contributed by atoms with Gasteiger partial charge < -0.3 is 19.7 Å². The summed E-state index contributed by atoms with van der Waals surface area (Å²) in [6.45, 7) is 6.92. The fraction of sp³-hybridized carbons (Fsp3) is 0.333. The predicted octanol–water partition coefficient (Wildman–Crippen LogP) is 7.18. The van der Waals surface area contributed by atoms with Gasteiger partial charge in [0.1, 0.15) is 23.7 Å². The number of carbonyl (C=O) groups is 2. The number of aliphatic carboxylic acids is 2. The van der Waals surface area contributed by atoms with Crippen molar-refractivity contribution in [2.24, 2.45) is 11.8 Å². The number of rotatable bonds is 10. The van der Waals surface area contributed by atoms with Crippen LogP contribution < -0.4 is 9.47 Å². The van der Waals surface area contributed by atoms with Gasteiger partial charge in [-0.2, -0.15) is 0 Å². The lowest BCUT2D eigenvalue weighted by Gasteiger charge is -2.44. The first-order chi connectivity index (χ1) is 27.0. The number of hydrogen-bond donors (Lipinski definition) is 2. The highest BCUT2D eigenvalue weighted by Crippen LogP contribution is 2.33. The number of ether oxygens (including phenoxy) is 2. The monoisotopic (exact) mass is 764 g/mol. The molecule has 0 saturated carbocycles. The average molecular weight is 765 g/mol. The molecule has 14 heteroatoms. The standard InChI is InChI=1S/2C19H20N2O3.C4H4O4/c2*22-21(23)17-5-1-14(2-6-17)15-3-7-18(8-4-15)24-19-13-20-11-9-16(19)10-12-20;5-3(6)1-2-4(7)8/h2*1-8,16,19H,9-13H2;1-2H,(H,5,6)(H,7,8)/b;;2-1+. The van der Waals surface area contributed by atoms with E-state index in [4.69, 9.17) is 19.7 Å². The van der Waals surface area contributed by atoms with Gasteiger partial charge in [-0.25, -0.2) is 9.59 Å². The maximum atomic E-state index is 10.7. The highest BCUT2D eigenvalue weighted by molar-refractivity contribution is 5.89. The molecule has 4 aromatic rings. The number of nitrogens with zero attached hydrogens (tertiary/aromatic N) is 4. The number of benzene rings is 4. The van der Waals surface area contributed by atoms with E-state index < -0.39 is 11.9 Å². The van der Waals surface area contributed by atoms with E-state index in [1.54, 1.807) is 24.3 Å². The minimum absolute atomic E-state index is 0.112. The molecule has 2 unspecified atom stereocenters. The Morgan fingerprint density at radius 3 is 1.05 bits per heavy atom. The first kappa shape index (κ1) is 39.6. The van der Waals surface area contributed by atoms with E-state index in [1.165, 1.54) is 76.1 Å². The van der Waals surface area contributed by atoms with Gasteiger partial charge in [0.05, 0.1) is 9.85 Å². The highest BCUT2D eigenvalue weighted by Gasteiger charge is 2.36. The van der Waals surface area contributed by atoms with E-state index in [-0.39, 0.29) is 21.2 Å². The number of hydrogen-bond acceptors (Lipinski definition) is 10. The molecule has 6 fully saturated rings. The molecule has 0 aliphatic carbocycles. The lowest BCUT2D eigenvalue weighted by Crippen LogP contribution is -2.52. The van der Waals surface area contributed by atoms with E-state index in [9.17, 15) is 29.8 Å². The Balaban J connectivity index is 0.000000160. The van der Waals surface area contributed by atoms with Crippen molar-refractivity contribution in [1.82, 2.24) is 9.80 Å². The molecule has 6 heterocycles. The number of carboxylic acid groups (broad SMARTS) is 2. The summed E-state index contributed by atoms with van der Waals surface area (Å²) < 4.78 is 12.4. The van der Waals surface area contributed by atoms with E-state index in [0.717, 1.165) is 46.8 Å². The molecule has 4 aromatic carbocycles. The van der Waals surface area contributed by atoms with Gasteiger partial charge in [-0.3, -0.25) is 30.0 Å². The SMILES string of the molecule is O=C(O)/C=C/C(=O)O.O=[N+]([O-])c1ccc(-c2ccc(OC3CN4CCC3CC4)cc2)cc1.O=[N+]([O-])c1ccc(-c2ccc(OC3CN4CCC3CC4)cc2)cc1. The molecular weight excluding hydrogens is 720 g/mol. The second-order valence-electron chi connectivity index (χ2n) is 14.3. The van der Waals surface area contributed by atoms with Crippen molar-refractivity contribution in [1.29, 1.82) is 0 Å². The maximum Gasteiger partial charge on any atom is 0.328 e. The van der Waals surface area contributed by atoms with Crippen molar-refractivity contribution < 1.29 is 39.1 Å². The summed E-state index contributed by atoms with van der Waals surface area (Å²) in [4.78, 5) is 44.8. The summed E-state index contributed by atoms with van der Waals surface area (Å²) in [5.74, 6) is 0.660. The minimum Gasteiger partial charge on any atom is -0.489 e. The summed E-state index contributed by atoms with van der Waals surface area (Å²) >= 11 is 0. The predicted molar refractivity (Wildman–Crippen MR) is 209 cm³/mol. The third kappa shape index (κ3) is 10.8. The topological polar surface area (TPSA) is 186 Å². The third-order valence-electron chi connectivity index (χ3n) is 10.7. The molecule has 56 heavy (non-hydrogen) atoms. The van der Waals surface area contributed by atoms with Gasteiger partial charge in [0.2, 0.25) is 0 Å². The van der Waals surface area contributed by atoms with Crippen LogP contribution >= 0.6 is 0 Å². The summed E-state index contributed by atoms with van der Waals surface area (Å²) in [5.41, 5.74) is 4.23. The van der Waals surface area contributed by atoms with Crippen molar-refractivity contribution in [2.75, 3.05) is 39.3 Å². The van der Waals surface area contributed by atoms with Gasteiger partial charge in [0, 0.05) is 49.5 Å². The van der Waals surface area contributed by atoms with Gasteiger partial charge in [-0.1, -0.05) is 24.3 Å². The Morgan fingerprint density at radius 2 is 0.821 bits per heavy atom. The molecule has 6 aliphatic rings. The molecular formula is C42H44N4O10. The van der Waals surface area contributed by atoms with Crippen LogP contribution in [-0.4, -0.2) is 93.3 Å². The number of piperidine rings is 6. The Morgan fingerprint density at radius 1 is 0.536 bits per heavy atom. The summed E-state index contributed by atoms with van der Waals surface area (Å²) in [6, 6.07) is 29.3. The molecule has 2 atom stereocenters. The number of carboxylic acids is 2. The summed E-state index contributed by atoms with van der Waals surface area (Å²) in [5, 5.41) is 37.1. The molecule has 0 spiro atoms. The molecule has 10 rings (SSSR count). The zero-order valence-electron chi connectivity index (χ0n) is 30.7. The number of fused-ring (bicyclic) bond motifs is 6. The lowest BCUT2D eigenvalue weighted by molar-refractivity contribution is -0.385. The van der Waals surface area contributed by atoms with Crippen molar-refractivity contribution in [3.8, 4) is 33.8 Å². The Labute approximate surface area is 323 Å². The Kier molecular flexibility index (Phi) is 13.1. The van der Waals surface area contributed by atoms with Gasteiger partial charge in [-0.05, 0) is 134 Å².